The van der Waals surface area contributed by atoms with Crippen LogP contribution in [-0.4, -0.2) is 94.7 Å². The Hall–Kier alpha value is -1.65. The normalized spacial score (nSPS) is 44.7. The molecule has 5 aliphatic rings. The number of aliphatic hydroxyl groups excluding tert-OH is 3. The Morgan fingerprint density at radius 3 is 2.46 bits per heavy atom. The molecule has 0 radical (unpaired) electrons. The minimum absolute atomic E-state index is 0.0126. The van der Waals surface area contributed by atoms with Gasteiger partial charge in [-0.25, -0.2) is 4.18 Å². The highest BCUT2D eigenvalue weighted by molar-refractivity contribution is 7.80. The summed E-state index contributed by atoms with van der Waals surface area (Å²) >= 11 is 0. The van der Waals surface area contributed by atoms with E-state index in [2.05, 4.69) is 26.1 Å². The van der Waals surface area contributed by atoms with Gasteiger partial charge in [-0.05, 0) is 91.8 Å². The smallest absolute Gasteiger partial charge is 0.397 e. The molecular formula is C32H51NO12S. The molecule has 0 spiro atoms. The van der Waals surface area contributed by atoms with Gasteiger partial charge in [-0.1, -0.05) is 32.4 Å². The quantitative estimate of drug-likeness (QED) is 0.146. The maximum atomic E-state index is 12.2. The summed E-state index contributed by atoms with van der Waals surface area (Å²) in [4.78, 5) is 23.5. The monoisotopic (exact) mass is 673 g/mol. The number of carboxylic acids is 1. The van der Waals surface area contributed by atoms with E-state index >= 15 is 0 Å². The first-order chi connectivity index (χ1) is 21.5. The predicted molar refractivity (Wildman–Crippen MR) is 163 cm³/mol. The van der Waals surface area contributed by atoms with E-state index in [9.17, 15) is 43.0 Å². The van der Waals surface area contributed by atoms with Gasteiger partial charge in [0, 0.05) is 13.3 Å². The number of rotatable bonds is 10. The van der Waals surface area contributed by atoms with Gasteiger partial charge in [-0.3, -0.25) is 14.1 Å². The lowest BCUT2D eigenvalue weighted by atomic mass is 9.46. The fourth-order valence-electron chi connectivity index (χ4n) is 10.2. The van der Waals surface area contributed by atoms with Crippen LogP contribution in [0, 0.1) is 40.4 Å². The molecule has 0 bridgehead atoms. The van der Waals surface area contributed by atoms with Crippen LogP contribution < -0.4 is 5.32 Å². The molecular weight excluding hydrogens is 622 g/mol. The number of hydrogen-bond acceptors (Lipinski definition) is 10. The SMILES string of the molecule is CC(=O)N[C@H]1[C@H](O[C@H]2C=C3C[C@@H](OS(=O)(=O)O)CC[C@]3(C)[C@H]3CC[C@]4(C)[C@@H]([C@H](C)CCC(=O)O)CC[C@H]4[C@H]23)O[C@H](CO)[C@@H](O)[C@@H]1O. The van der Waals surface area contributed by atoms with E-state index in [4.69, 9.17) is 13.7 Å². The molecule has 262 valence electrons. The van der Waals surface area contributed by atoms with Gasteiger partial charge in [0.15, 0.2) is 6.29 Å². The average molecular weight is 674 g/mol. The molecule has 5 rings (SSSR count). The van der Waals surface area contributed by atoms with Crippen molar-refractivity contribution in [1.29, 1.82) is 0 Å². The third kappa shape index (κ3) is 6.78. The van der Waals surface area contributed by atoms with Gasteiger partial charge in [0.1, 0.15) is 24.4 Å². The van der Waals surface area contributed by atoms with Crippen molar-refractivity contribution in [3.8, 4) is 0 Å². The molecule has 0 aromatic heterocycles. The van der Waals surface area contributed by atoms with E-state index in [0.717, 1.165) is 31.3 Å². The Morgan fingerprint density at radius 2 is 1.83 bits per heavy atom. The van der Waals surface area contributed by atoms with Gasteiger partial charge < -0.3 is 35.2 Å². The van der Waals surface area contributed by atoms with Crippen LogP contribution >= 0.6 is 0 Å². The maximum Gasteiger partial charge on any atom is 0.397 e. The third-order valence-electron chi connectivity index (χ3n) is 12.4. The average Bonchev–Trinajstić information content (AvgIpc) is 3.32. The molecule has 1 saturated heterocycles. The summed E-state index contributed by atoms with van der Waals surface area (Å²) in [6, 6.07) is -1.12. The Bertz CT molecular complexity index is 1290. The van der Waals surface area contributed by atoms with Crippen molar-refractivity contribution < 1.29 is 56.6 Å². The zero-order valence-corrected chi connectivity index (χ0v) is 27.9. The number of amides is 1. The Morgan fingerprint density at radius 1 is 1.11 bits per heavy atom. The fraction of sp³-hybridized carbons (Fsp3) is 0.875. The van der Waals surface area contributed by atoms with Crippen molar-refractivity contribution in [3.05, 3.63) is 11.6 Å². The number of carbonyl (C=O) groups is 2. The zero-order chi connectivity index (χ0) is 33.8. The Kier molecular flexibility index (Phi) is 10.3. The zero-order valence-electron chi connectivity index (χ0n) is 27.1. The second-order valence-electron chi connectivity index (χ2n) is 15.0. The summed E-state index contributed by atoms with van der Waals surface area (Å²) in [6.07, 6.45) is 1.22. The van der Waals surface area contributed by atoms with Crippen LogP contribution in [-0.2, 0) is 33.6 Å². The highest BCUT2D eigenvalue weighted by Crippen LogP contribution is 2.68. The van der Waals surface area contributed by atoms with E-state index in [1.165, 1.54) is 6.92 Å². The van der Waals surface area contributed by atoms with Crippen LogP contribution in [0.4, 0.5) is 0 Å². The minimum Gasteiger partial charge on any atom is -0.481 e. The number of hydrogen-bond donors (Lipinski definition) is 6. The van der Waals surface area contributed by atoms with Gasteiger partial charge in [0.2, 0.25) is 5.91 Å². The molecule has 1 aliphatic heterocycles. The van der Waals surface area contributed by atoms with Gasteiger partial charge >= 0.3 is 16.4 Å². The predicted octanol–water partition coefficient (Wildman–Crippen LogP) is 2.19. The second kappa shape index (κ2) is 13.3. The molecule has 13 nitrogen and oxygen atoms in total. The van der Waals surface area contributed by atoms with Gasteiger partial charge in [0.25, 0.3) is 0 Å². The summed E-state index contributed by atoms with van der Waals surface area (Å²) in [5.41, 5.74) is 0.588. The summed E-state index contributed by atoms with van der Waals surface area (Å²) < 4.78 is 50.4. The molecule has 4 aliphatic carbocycles. The summed E-state index contributed by atoms with van der Waals surface area (Å²) in [6.45, 7) is 7.38. The highest BCUT2D eigenvalue weighted by Gasteiger charge is 2.62. The van der Waals surface area contributed by atoms with Crippen LogP contribution in [0.15, 0.2) is 11.6 Å². The standard InChI is InChI=1S/C32H51NO12S/c1-16(5-8-25(36)37)20-6-7-21-26-22(10-12-32(20,21)4)31(3)11-9-19(45-46(40,41)42)13-18(31)14-23(26)43-30-27(33-17(2)35)29(39)28(38)24(15-34)44-30/h14,16,19-24,26-30,34,38-39H,5-13,15H2,1-4H3,(H,33,35)(H,36,37)(H,40,41,42)/t16-,19+,20-,21+,22+,23+,24-,26+,27-,28-,29-,30-,31+,32-/m1/s1. The first-order valence-corrected chi connectivity index (χ1v) is 18.0. The lowest BCUT2D eigenvalue weighted by molar-refractivity contribution is -0.289. The van der Waals surface area contributed by atoms with Crippen molar-refractivity contribution >= 4 is 22.3 Å². The number of carbonyl (C=O) groups excluding carboxylic acids is 1. The van der Waals surface area contributed by atoms with E-state index in [0.29, 0.717) is 25.2 Å². The molecule has 0 aromatic carbocycles. The first kappa shape index (κ1) is 35.7. The molecule has 46 heavy (non-hydrogen) atoms. The number of ether oxygens (including phenoxy) is 2. The number of nitrogens with one attached hydrogen (secondary N) is 1. The minimum atomic E-state index is -4.66. The molecule has 3 saturated carbocycles. The van der Waals surface area contributed by atoms with Crippen LogP contribution in [0.3, 0.4) is 0 Å². The van der Waals surface area contributed by atoms with Crippen molar-refractivity contribution in [2.75, 3.05) is 6.61 Å². The number of fused-ring (bicyclic) bond motifs is 5. The molecule has 1 amide bonds. The molecule has 1 heterocycles. The van der Waals surface area contributed by atoms with Gasteiger partial charge in [0.05, 0.1) is 18.8 Å². The largest absolute Gasteiger partial charge is 0.481 e. The molecule has 4 fully saturated rings. The van der Waals surface area contributed by atoms with E-state index in [-0.39, 0.29) is 47.3 Å². The molecule has 6 N–H and O–H groups in total. The summed E-state index contributed by atoms with van der Waals surface area (Å²) in [5.74, 6) is -0.382. The van der Waals surface area contributed by atoms with Gasteiger partial charge in [-0.2, -0.15) is 8.42 Å². The Balaban J connectivity index is 1.52. The van der Waals surface area contributed by atoms with E-state index in [1.807, 2.05) is 6.08 Å². The van der Waals surface area contributed by atoms with Crippen molar-refractivity contribution in [1.82, 2.24) is 5.32 Å². The van der Waals surface area contributed by atoms with Crippen LogP contribution in [0.1, 0.15) is 85.5 Å². The van der Waals surface area contributed by atoms with Crippen molar-refractivity contribution in [3.63, 3.8) is 0 Å². The third-order valence-corrected chi connectivity index (χ3v) is 13.0. The van der Waals surface area contributed by atoms with Gasteiger partial charge in [-0.15, -0.1) is 0 Å². The number of carboxylic acid groups (broad SMARTS) is 1. The topological polar surface area (TPSA) is 209 Å². The van der Waals surface area contributed by atoms with Crippen LogP contribution in [0.5, 0.6) is 0 Å². The molecule has 14 atom stereocenters. The van der Waals surface area contributed by atoms with Crippen molar-refractivity contribution in [2.24, 2.45) is 40.4 Å². The summed E-state index contributed by atoms with van der Waals surface area (Å²) in [5, 5.41) is 43.5. The van der Waals surface area contributed by atoms with Crippen LogP contribution in [0.25, 0.3) is 0 Å². The molecule has 0 unspecified atom stereocenters. The second-order valence-corrected chi connectivity index (χ2v) is 16.0. The van der Waals surface area contributed by atoms with E-state index in [1.54, 1.807) is 0 Å². The summed E-state index contributed by atoms with van der Waals surface area (Å²) in [7, 11) is -4.66. The lowest BCUT2D eigenvalue weighted by Crippen LogP contribution is -2.65. The van der Waals surface area contributed by atoms with Crippen LogP contribution in [0.2, 0.25) is 0 Å². The fourth-order valence-corrected chi connectivity index (χ4v) is 10.8. The lowest BCUT2D eigenvalue weighted by Gasteiger charge is -2.60. The first-order valence-electron chi connectivity index (χ1n) is 16.6. The Labute approximate surface area is 271 Å². The maximum absolute atomic E-state index is 12.2. The highest BCUT2D eigenvalue weighted by atomic mass is 32.3. The van der Waals surface area contributed by atoms with E-state index < -0.39 is 71.7 Å². The number of aliphatic hydroxyl groups is 3. The number of aliphatic carboxylic acids is 1. The molecule has 14 heteroatoms. The van der Waals surface area contributed by atoms with Crippen molar-refractivity contribution in [2.45, 2.75) is 128 Å². The molecule has 0 aromatic rings.